The molecule has 0 saturated carbocycles. The summed E-state index contributed by atoms with van der Waals surface area (Å²) in [6, 6.07) is 0. The fourth-order valence-electron chi connectivity index (χ4n) is 3.83. The summed E-state index contributed by atoms with van der Waals surface area (Å²) in [7, 11) is 0. The topological polar surface area (TPSA) is 54.3 Å². The van der Waals surface area contributed by atoms with E-state index >= 15 is 0 Å². The van der Waals surface area contributed by atoms with Crippen molar-refractivity contribution in [2.75, 3.05) is 26.2 Å². The summed E-state index contributed by atoms with van der Waals surface area (Å²) in [6.07, 6.45) is 7.01. The van der Waals surface area contributed by atoms with E-state index in [1.807, 2.05) is 4.68 Å². The van der Waals surface area contributed by atoms with E-state index in [1.165, 1.54) is 19.3 Å². The molecular weight excluding hydrogens is 302 g/mol. The van der Waals surface area contributed by atoms with Crippen LogP contribution in [0.2, 0.25) is 0 Å². The summed E-state index contributed by atoms with van der Waals surface area (Å²) in [6.45, 7) is 11.5. The third kappa shape index (κ3) is 4.15. The number of nitrogens with zero attached hydrogens (tertiary/aromatic N) is 5. The molecule has 24 heavy (non-hydrogen) atoms. The fourth-order valence-corrected chi connectivity index (χ4v) is 3.83. The zero-order valence-corrected chi connectivity index (χ0v) is 15.4. The Morgan fingerprint density at radius 2 is 1.92 bits per heavy atom. The summed E-state index contributed by atoms with van der Waals surface area (Å²) in [4.78, 5) is 21.0. The van der Waals surface area contributed by atoms with E-state index in [9.17, 15) is 4.79 Å². The number of piperidine rings is 2. The summed E-state index contributed by atoms with van der Waals surface area (Å²) in [5.74, 6) is 2.07. The SMILES string of the molecule is CC(C)(C)n1ncnc1CN1CCC(CN2CCCCC2=O)CC1. The lowest BCUT2D eigenvalue weighted by atomic mass is 9.95. The lowest BCUT2D eigenvalue weighted by Crippen LogP contribution is -2.42. The van der Waals surface area contributed by atoms with Gasteiger partial charge in [0.2, 0.25) is 5.91 Å². The maximum Gasteiger partial charge on any atom is 0.222 e. The van der Waals surface area contributed by atoms with Crippen molar-refractivity contribution < 1.29 is 4.79 Å². The van der Waals surface area contributed by atoms with Crippen LogP contribution in [0.5, 0.6) is 0 Å². The van der Waals surface area contributed by atoms with E-state index in [0.717, 1.165) is 51.4 Å². The Labute approximate surface area is 145 Å². The average Bonchev–Trinajstić information content (AvgIpc) is 3.00. The molecule has 2 fully saturated rings. The number of carbonyl (C=O) groups is 1. The summed E-state index contributed by atoms with van der Waals surface area (Å²) in [5, 5.41) is 4.39. The van der Waals surface area contributed by atoms with Crippen molar-refractivity contribution in [1.82, 2.24) is 24.6 Å². The first-order valence-electron chi connectivity index (χ1n) is 9.33. The van der Waals surface area contributed by atoms with Gasteiger partial charge in [0.25, 0.3) is 0 Å². The summed E-state index contributed by atoms with van der Waals surface area (Å²) < 4.78 is 2.03. The first-order chi connectivity index (χ1) is 11.4. The molecule has 1 aromatic heterocycles. The van der Waals surface area contributed by atoms with Crippen LogP contribution in [-0.4, -0.2) is 56.7 Å². The van der Waals surface area contributed by atoms with E-state index in [0.29, 0.717) is 11.8 Å². The molecule has 1 amide bonds. The lowest BCUT2D eigenvalue weighted by molar-refractivity contribution is -0.134. The molecule has 0 atom stereocenters. The Morgan fingerprint density at radius 1 is 1.17 bits per heavy atom. The number of hydrogen-bond donors (Lipinski definition) is 0. The monoisotopic (exact) mass is 333 g/mol. The van der Waals surface area contributed by atoms with Gasteiger partial charge in [-0.15, -0.1) is 0 Å². The maximum atomic E-state index is 12.0. The third-order valence-electron chi connectivity index (χ3n) is 5.23. The smallest absolute Gasteiger partial charge is 0.222 e. The Morgan fingerprint density at radius 3 is 2.58 bits per heavy atom. The van der Waals surface area contributed by atoms with E-state index in [1.54, 1.807) is 6.33 Å². The molecular formula is C18H31N5O. The van der Waals surface area contributed by atoms with Crippen molar-refractivity contribution in [3.8, 4) is 0 Å². The average molecular weight is 333 g/mol. The molecule has 0 spiro atoms. The molecule has 6 nitrogen and oxygen atoms in total. The number of hydrogen-bond acceptors (Lipinski definition) is 4. The van der Waals surface area contributed by atoms with E-state index in [4.69, 9.17) is 0 Å². The van der Waals surface area contributed by atoms with E-state index in [2.05, 4.69) is 40.7 Å². The normalized spacial score (nSPS) is 21.5. The van der Waals surface area contributed by atoms with Gasteiger partial charge in [0, 0.05) is 19.5 Å². The molecule has 6 heteroatoms. The van der Waals surface area contributed by atoms with Crippen LogP contribution >= 0.6 is 0 Å². The van der Waals surface area contributed by atoms with Crippen LogP contribution < -0.4 is 0 Å². The van der Waals surface area contributed by atoms with Crippen LogP contribution in [0.25, 0.3) is 0 Å². The number of carbonyl (C=O) groups excluding carboxylic acids is 1. The quantitative estimate of drug-likeness (QED) is 0.848. The van der Waals surface area contributed by atoms with Gasteiger partial charge in [-0.3, -0.25) is 9.69 Å². The predicted octanol–water partition coefficient (Wildman–Crippen LogP) is 2.26. The van der Waals surface area contributed by atoms with Crippen LogP contribution in [-0.2, 0) is 16.9 Å². The lowest BCUT2D eigenvalue weighted by Gasteiger charge is -2.36. The van der Waals surface area contributed by atoms with Crippen LogP contribution in [0, 0.1) is 5.92 Å². The number of rotatable bonds is 4. The second kappa shape index (κ2) is 7.21. The van der Waals surface area contributed by atoms with Crippen molar-refractivity contribution >= 4 is 5.91 Å². The minimum absolute atomic E-state index is 0.0290. The Hall–Kier alpha value is -1.43. The Balaban J connectivity index is 1.49. The van der Waals surface area contributed by atoms with Gasteiger partial charge in [0.05, 0.1) is 12.1 Å². The van der Waals surface area contributed by atoms with Gasteiger partial charge in [0.1, 0.15) is 12.2 Å². The third-order valence-corrected chi connectivity index (χ3v) is 5.23. The van der Waals surface area contributed by atoms with E-state index < -0.39 is 0 Å². The summed E-state index contributed by atoms with van der Waals surface area (Å²) >= 11 is 0. The Bertz CT molecular complexity index is 554. The number of amides is 1. The Kier molecular flexibility index (Phi) is 5.23. The second-order valence-corrected chi connectivity index (χ2v) is 8.28. The largest absolute Gasteiger partial charge is 0.342 e. The highest BCUT2D eigenvalue weighted by atomic mass is 16.2. The number of likely N-dealkylation sites (tertiary alicyclic amines) is 2. The van der Waals surface area contributed by atoms with Crippen molar-refractivity contribution in [3.05, 3.63) is 12.2 Å². The molecule has 1 aromatic rings. The molecule has 3 heterocycles. The molecule has 2 aliphatic heterocycles. The molecule has 3 rings (SSSR count). The van der Waals surface area contributed by atoms with Crippen LogP contribution in [0.1, 0.15) is 58.7 Å². The van der Waals surface area contributed by atoms with Crippen LogP contribution in [0.4, 0.5) is 0 Å². The zero-order valence-electron chi connectivity index (χ0n) is 15.4. The first-order valence-corrected chi connectivity index (χ1v) is 9.33. The second-order valence-electron chi connectivity index (χ2n) is 8.28. The predicted molar refractivity (Wildman–Crippen MR) is 93.5 cm³/mol. The van der Waals surface area contributed by atoms with Crippen molar-refractivity contribution in [2.45, 2.75) is 65.0 Å². The molecule has 0 bridgehead atoms. The minimum atomic E-state index is -0.0290. The molecule has 0 N–H and O–H groups in total. The molecule has 0 radical (unpaired) electrons. The number of aromatic nitrogens is 3. The van der Waals surface area contributed by atoms with Gasteiger partial charge < -0.3 is 4.90 Å². The highest BCUT2D eigenvalue weighted by molar-refractivity contribution is 5.76. The summed E-state index contributed by atoms with van der Waals surface area (Å²) in [5.41, 5.74) is -0.0290. The van der Waals surface area contributed by atoms with Crippen molar-refractivity contribution in [1.29, 1.82) is 0 Å². The molecule has 0 aliphatic carbocycles. The minimum Gasteiger partial charge on any atom is -0.342 e. The van der Waals surface area contributed by atoms with Gasteiger partial charge in [-0.2, -0.15) is 5.10 Å². The van der Waals surface area contributed by atoms with Gasteiger partial charge in [-0.1, -0.05) is 0 Å². The molecule has 0 aromatic carbocycles. The zero-order chi connectivity index (χ0) is 17.2. The first kappa shape index (κ1) is 17.4. The fraction of sp³-hybridized carbons (Fsp3) is 0.833. The van der Waals surface area contributed by atoms with Gasteiger partial charge in [0.15, 0.2) is 0 Å². The molecule has 2 aliphatic rings. The van der Waals surface area contributed by atoms with Gasteiger partial charge in [-0.25, -0.2) is 9.67 Å². The molecule has 2 saturated heterocycles. The van der Waals surface area contributed by atoms with Crippen molar-refractivity contribution in [2.24, 2.45) is 5.92 Å². The standard InChI is InChI=1S/C18H31N5O/c1-18(2,3)23-16(19-14-20-23)13-21-10-7-15(8-11-21)12-22-9-5-4-6-17(22)24/h14-15H,4-13H2,1-3H3. The maximum absolute atomic E-state index is 12.0. The molecule has 134 valence electrons. The van der Waals surface area contributed by atoms with Crippen LogP contribution in [0.3, 0.4) is 0 Å². The molecule has 0 unspecified atom stereocenters. The van der Waals surface area contributed by atoms with Gasteiger partial charge >= 0.3 is 0 Å². The van der Waals surface area contributed by atoms with Crippen LogP contribution in [0.15, 0.2) is 6.33 Å². The van der Waals surface area contributed by atoms with Crippen molar-refractivity contribution in [3.63, 3.8) is 0 Å². The highest BCUT2D eigenvalue weighted by Crippen LogP contribution is 2.23. The van der Waals surface area contributed by atoms with E-state index in [-0.39, 0.29) is 5.54 Å². The van der Waals surface area contributed by atoms with Gasteiger partial charge in [-0.05, 0) is 65.5 Å². The highest BCUT2D eigenvalue weighted by Gasteiger charge is 2.26.